The van der Waals surface area contributed by atoms with Gasteiger partial charge < -0.3 is 5.73 Å². The number of halogens is 3. The van der Waals surface area contributed by atoms with Crippen molar-refractivity contribution in [3.05, 3.63) is 58.1 Å². The minimum absolute atomic E-state index is 0.0649. The van der Waals surface area contributed by atoms with Gasteiger partial charge in [-0.15, -0.1) is 0 Å². The van der Waals surface area contributed by atoms with Gasteiger partial charge in [-0.05, 0) is 35.9 Å². The van der Waals surface area contributed by atoms with E-state index < -0.39 is 26.6 Å². The molecule has 0 atom stereocenters. The summed E-state index contributed by atoms with van der Waals surface area (Å²) in [4.78, 5) is -0.576. The van der Waals surface area contributed by atoms with Crippen molar-refractivity contribution in [2.45, 2.75) is 11.4 Å². The molecular weight excluding hydrogens is 366 g/mol. The van der Waals surface area contributed by atoms with E-state index in [9.17, 15) is 17.2 Å². The second-order valence-electron chi connectivity index (χ2n) is 4.20. The highest BCUT2D eigenvalue weighted by molar-refractivity contribution is 9.10. The number of hydrogen-bond donors (Lipinski definition) is 2. The Morgan fingerprint density at radius 3 is 2.43 bits per heavy atom. The minimum atomic E-state index is -4.25. The number of nitrogens with two attached hydrogens (primary N) is 1. The lowest BCUT2D eigenvalue weighted by atomic mass is 10.2. The smallest absolute Gasteiger partial charge is 0.264 e. The van der Waals surface area contributed by atoms with Crippen LogP contribution in [0.2, 0.25) is 0 Å². The Kier molecular flexibility index (Phi) is 4.60. The fourth-order valence-electron chi connectivity index (χ4n) is 1.65. The standard InChI is InChI=1S/C13H11BrF2N2O2S/c14-9-2-4-12(11(16)6-9)18-21(19,20)13-5-8(7-17)1-3-10(13)15/h1-6,18H,7,17H2. The van der Waals surface area contributed by atoms with E-state index in [0.717, 1.165) is 18.2 Å². The molecule has 2 rings (SSSR count). The summed E-state index contributed by atoms with van der Waals surface area (Å²) >= 11 is 3.06. The van der Waals surface area contributed by atoms with Gasteiger partial charge in [0.05, 0.1) is 5.69 Å². The molecule has 0 amide bonds. The molecule has 4 nitrogen and oxygen atoms in total. The van der Waals surface area contributed by atoms with E-state index in [0.29, 0.717) is 10.0 Å². The molecule has 0 spiro atoms. The van der Waals surface area contributed by atoms with Gasteiger partial charge in [-0.2, -0.15) is 0 Å². The summed E-state index contributed by atoms with van der Waals surface area (Å²) in [6.45, 7) is 0.0649. The summed E-state index contributed by atoms with van der Waals surface area (Å²) in [6.07, 6.45) is 0. The van der Waals surface area contributed by atoms with E-state index in [1.807, 2.05) is 4.72 Å². The molecule has 0 aliphatic heterocycles. The normalized spacial score (nSPS) is 11.4. The van der Waals surface area contributed by atoms with Gasteiger partial charge in [0, 0.05) is 11.0 Å². The van der Waals surface area contributed by atoms with E-state index in [1.165, 1.54) is 18.2 Å². The molecule has 112 valence electrons. The lowest BCUT2D eigenvalue weighted by Crippen LogP contribution is -2.16. The van der Waals surface area contributed by atoms with Crippen LogP contribution in [-0.4, -0.2) is 8.42 Å². The molecule has 0 aromatic heterocycles. The average molecular weight is 377 g/mol. The highest BCUT2D eigenvalue weighted by Crippen LogP contribution is 2.24. The molecule has 0 fully saturated rings. The number of sulfonamides is 1. The van der Waals surface area contributed by atoms with Gasteiger partial charge in [0.1, 0.15) is 16.5 Å². The Balaban J connectivity index is 2.43. The summed E-state index contributed by atoms with van der Waals surface area (Å²) in [5, 5.41) is 0. The maximum Gasteiger partial charge on any atom is 0.264 e. The molecule has 0 bridgehead atoms. The third-order valence-corrected chi connectivity index (χ3v) is 4.57. The van der Waals surface area contributed by atoms with Crippen molar-refractivity contribution in [1.82, 2.24) is 0 Å². The number of anilines is 1. The Morgan fingerprint density at radius 2 is 1.81 bits per heavy atom. The first-order valence-corrected chi connectivity index (χ1v) is 8.07. The van der Waals surface area contributed by atoms with Gasteiger partial charge in [-0.1, -0.05) is 22.0 Å². The first kappa shape index (κ1) is 15.9. The first-order chi connectivity index (χ1) is 9.83. The van der Waals surface area contributed by atoms with Crippen LogP contribution in [0, 0.1) is 11.6 Å². The molecule has 0 unspecified atom stereocenters. The van der Waals surface area contributed by atoms with Gasteiger partial charge in [-0.3, -0.25) is 4.72 Å². The molecule has 0 saturated heterocycles. The summed E-state index contributed by atoms with van der Waals surface area (Å²) < 4.78 is 54.2. The van der Waals surface area contributed by atoms with Gasteiger partial charge in [0.15, 0.2) is 0 Å². The monoisotopic (exact) mass is 376 g/mol. The summed E-state index contributed by atoms with van der Waals surface area (Å²) in [6, 6.07) is 7.32. The average Bonchev–Trinajstić information content (AvgIpc) is 2.42. The third-order valence-electron chi connectivity index (χ3n) is 2.70. The van der Waals surface area contributed by atoms with Crippen LogP contribution in [-0.2, 0) is 16.6 Å². The van der Waals surface area contributed by atoms with Crippen LogP contribution in [0.4, 0.5) is 14.5 Å². The number of benzene rings is 2. The summed E-state index contributed by atoms with van der Waals surface area (Å²) in [7, 11) is -4.25. The van der Waals surface area contributed by atoms with E-state index in [-0.39, 0.29) is 12.2 Å². The topological polar surface area (TPSA) is 72.2 Å². The molecule has 2 aromatic carbocycles. The summed E-state index contributed by atoms with van der Waals surface area (Å²) in [5.41, 5.74) is 5.59. The van der Waals surface area contributed by atoms with Crippen molar-refractivity contribution in [3.8, 4) is 0 Å². The van der Waals surface area contributed by atoms with Gasteiger partial charge in [0.2, 0.25) is 0 Å². The van der Waals surface area contributed by atoms with Crippen molar-refractivity contribution >= 4 is 31.6 Å². The van der Waals surface area contributed by atoms with E-state index in [2.05, 4.69) is 15.9 Å². The summed E-state index contributed by atoms with van der Waals surface area (Å²) in [5.74, 6) is -1.71. The fraction of sp³-hybridized carbons (Fsp3) is 0.0769. The predicted octanol–water partition coefficient (Wildman–Crippen LogP) is 2.99. The van der Waals surface area contributed by atoms with Crippen molar-refractivity contribution in [3.63, 3.8) is 0 Å². The second kappa shape index (κ2) is 6.08. The second-order valence-corrected chi connectivity index (χ2v) is 6.77. The van der Waals surface area contributed by atoms with Crippen molar-refractivity contribution in [1.29, 1.82) is 0 Å². The highest BCUT2D eigenvalue weighted by atomic mass is 79.9. The zero-order valence-electron chi connectivity index (χ0n) is 10.6. The van der Waals surface area contributed by atoms with Crippen LogP contribution >= 0.6 is 15.9 Å². The lowest BCUT2D eigenvalue weighted by Gasteiger charge is -2.11. The molecular formula is C13H11BrF2N2O2S. The Labute approximate surface area is 129 Å². The van der Waals surface area contributed by atoms with Crippen LogP contribution in [0.1, 0.15) is 5.56 Å². The predicted molar refractivity (Wildman–Crippen MR) is 79.2 cm³/mol. The van der Waals surface area contributed by atoms with E-state index >= 15 is 0 Å². The van der Waals surface area contributed by atoms with Crippen molar-refractivity contribution in [2.75, 3.05) is 4.72 Å². The number of nitrogens with one attached hydrogen (secondary N) is 1. The van der Waals surface area contributed by atoms with Crippen LogP contribution < -0.4 is 10.5 Å². The molecule has 8 heteroatoms. The Bertz CT molecular complexity index is 782. The van der Waals surface area contributed by atoms with Gasteiger partial charge >= 0.3 is 0 Å². The minimum Gasteiger partial charge on any atom is -0.326 e. The fourth-order valence-corrected chi connectivity index (χ4v) is 3.18. The van der Waals surface area contributed by atoms with Crippen molar-refractivity contribution < 1.29 is 17.2 Å². The van der Waals surface area contributed by atoms with E-state index in [4.69, 9.17) is 5.73 Å². The maximum absolute atomic E-state index is 13.7. The zero-order valence-corrected chi connectivity index (χ0v) is 13.0. The highest BCUT2D eigenvalue weighted by Gasteiger charge is 2.21. The Hall–Kier alpha value is -1.51. The molecule has 21 heavy (non-hydrogen) atoms. The van der Waals surface area contributed by atoms with Crippen LogP contribution in [0.3, 0.4) is 0 Å². The van der Waals surface area contributed by atoms with Crippen molar-refractivity contribution in [2.24, 2.45) is 5.73 Å². The maximum atomic E-state index is 13.7. The largest absolute Gasteiger partial charge is 0.326 e. The van der Waals surface area contributed by atoms with Crippen LogP contribution in [0.5, 0.6) is 0 Å². The molecule has 2 aromatic rings. The quantitative estimate of drug-likeness (QED) is 0.861. The van der Waals surface area contributed by atoms with Gasteiger partial charge in [-0.25, -0.2) is 17.2 Å². The SMILES string of the molecule is NCc1ccc(F)c(S(=O)(=O)Nc2ccc(Br)cc2F)c1. The molecule has 0 saturated carbocycles. The van der Waals surface area contributed by atoms with E-state index in [1.54, 1.807) is 0 Å². The molecule has 3 N–H and O–H groups in total. The third kappa shape index (κ3) is 3.58. The molecule has 0 aliphatic rings. The van der Waals surface area contributed by atoms with Crippen LogP contribution in [0.25, 0.3) is 0 Å². The molecule has 0 radical (unpaired) electrons. The number of hydrogen-bond acceptors (Lipinski definition) is 3. The zero-order chi connectivity index (χ0) is 15.6. The lowest BCUT2D eigenvalue weighted by molar-refractivity contribution is 0.568. The first-order valence-electron chi connectivity index (χ1n) is 5.80. The molecule has 0 aliphatic carbocycles. The molecule has 0 heterocycles. The Morgan fingerprint density at radius 1 is 1.10 bits per heavy atom. The number of rotatable bonds is 4. The van der Waals surface area contributed by atoms with Crippen LogP contribution in [0.15, 0.2) is 45.8 Å². The van der Waals surface area contributed by atoms with Gasteiger partial charge in [0.25, 0.3) is 10.0 Å².